The molecule has 0 saturated carbocycles. The fourth-order valence-electron chi connectivity index (χ4n) is 2.36. The number of aromatic nitrogens is 2. The molecular formula is C18H16N2O4. The Kier molecular flexibility index (Phi) is 4.04. The van der Waals surface area contributed by atoms with Gasteiger partial charge in [0.05, 0.1) is 5.69 Å². The van der Waals surface area contributed by atoms with Crippen LogP contribution in [0.15, 0.2) is 47.4 Å². The minimum atomic E-state index is -0.665. The summed E-state index contributed by atoms with van der Waals surface area (Å²) >= 11 is 0. The van der Waals surface area contributed by atoms with E-state index in [0.29, 0.717) is 11.3 Å². The Balaban J connectivity index is 1.83. The van der Waals surface area contributed by atoms with Crippen LogP contribution in [0.25, 0.3) is 5.65 Å². The lowest BCUT2D eigenvalue weighted by molar-refractivity contribution is 0.0464. The van der Waals surface area contributed by atoms with Crippen LogP contribution in [-0.2, 0) is 11.3 Å². The van der Waals surface area contributed by atoms with Crippen LogP contribution in [0.1, 0.15) is 27.2 Å². The summed E-state index contributed by atoms with van der Waals surface area (Å²) in [6.45, 7) is 3.55. The van der Waals surface area contributed by atoms with Gasteiger partial charge in [-0.1, -0.05) is 17.7 Å². The Morgan fingerprint density at radius 3 is 2.71 bits per heavy atom. The quantitative estimate of drug-likeness (QED) is 0.748. The van der Waals surface area contributed by atoms with Crippen LogP contribution >= 0.6 is 0 Å². The lowest BCUT2D eigenvalue weighted by Gasteiger charge is -2.08. The fraction of sp³-hybridized carbons (Fsp3) is 0.167. The van der Waals surface area contributed by atoms with E-state index in [0.717, 1.165) is 11.1 Å². The van der Waals surface area contributed by atoms with Gasteiger partial charge in [0, 0.05) is 12.3 Å². The molecule has 2 aromatic heterocycles. The summed E-state index contributed by atoms with van der Waals surface area (Å²) in [5.41, 5.74) is 2.45. The number of carbonyl (C=O) groups is 1. The predicted octanol–water partition coefficient (Wildman–Crippen LogP) is 2.37. The van der Waals surface area contributed by atoms with E-state index in [4.69, 9.17) is 4.74 Å². The van der Waals surface area contributed by atoms with Crippen molar-refractivity contribution >= 4 is 11.6 Å². The van der Waals surface area contributed by atoms with Crippen LogP contribution in [0.3, 0.4) is 0 Å². The van der Waals surface area contributed by atoms with Gasteiger partial charge in [0.15, 0.2) is 0 Å². The minimum Gasteiger partial charge on any atom is -0.507 e. The molecule has 0 aliphatic heterocycles. The maximum Gasteiger partial charge on any atom is 0.342 e. The number of aryl methyl sites for hydroxylation is 2. The summed E-state index contributed by atoms with van der Waals surface area (Å²) in [6, 6.07) is 9.59. The highest BCUT2D eigenvalue weighted by Crippen LogP contribution is 2.19. The molecule has 3 aromatic rings. The van der Waals surface area contributed by atoms with Crippen LogP contribution in [0.2, 0.25) is 0 Å². The van der Waals surface area contributed by atoms with Gasteiger partial charge in [-0.25, -0.2) is 9.78 Å². The molecule has 0 radical (unpaired) electrons. The molecule has 0 saturated heterocycles. The van der Waals surface area contributed by atoms with Gasteiger partial charge in [-0.05, 0) is 37.6 Å². The SMILES string of the molecule is Cc1ccc(O)c(C(=O)OCc2cc(=O)n3cc(C)ccc3n2)c1. The first-order valence-corrected chi connectivity index (χ1v) is 7.40. The van der Waals surface area contributed by atoms with E-state index >= 15 is 0 Å². The monoisotopic (exact) mass is 324 g/mol. The number of fused-ring (bicyclic) bond motifs is 1. The highest BCUT2D eigenvalue weighted by atomic mass is 16.5. The van der Waals surface area contributed by atoms with Gasteiger partial charge >= 0.3 is 5.97 Å². The smallest absolute Gasteiger partial charge is 0.342 e. The van der Waals surface area contributed by atoms with Gasteiger partial charge in [0.25, 0.3) is 5.56 Å². The number of nitrogens with zero attached hydrogens (tertiary/aromatic N) is 2. The molecular weight excluding hydrogens is 308 g/mol. The van der Waals surface area contributed by atoms with Crippen molar-refractivity contribution in [2.24, 2.45) is 0 Å². The lowest BCUT2D eigenvalue weighted by Crippen LogP contribution is -2.17. The van der Waals surface area contributed by atoms with Crippen molar-refractivity contribution in [3.63, 3.8) is 0 Å². The number of carbonyl (C=O) groups excluding carboxylic acids is 1. The third-order valence-corrected chi connectivity index (χ3v) is 3.58. The molecule has 0 atom stereocenters. The zero-order valence-corrected chi connectivity index (χ0v) is 13.3. The molecule has 6 heteroatoms. The third kappa shape index (κ3) is 3.12. The average molecular weight is 324 g/mol. The summed E-state index contributed by atoms with van der Waals surface area (Å²) < 4.78 is 6.61. The van der Waals surface area contributed by atoms with E-state index < -0.39 is 5.97 Å². The van der Waals surface area contributed by atoms with Gasteiger partial charge in [-0.15, -0.1) is 0 Å². The van der Waals surface area contributed by atoms with E-state index in [1.165, 1.54) is 16.5 Å². The second kappa shape index (κ2) is 6.16. The number of pyridine rings is 1. The Hall–Kier alpha value is -3.15. The zero-order chi connectivity index (χ0) is 17.3. The predicted molar refractivity (Wildman–Crippen MR) is 88.2 cm³/mol. The highest BCUT2D eigenvalue weighted by Gasteiger charge is 2.14. The van der Waals surface area contributed by atoms with Gasteiger partial charge in [-0.3, -0.25) is 9.20 Å². The van der Waals surface area contributed by atoms with Crippen LogP contribution in [0, 0.1) is 13.8 Å². The number of ether oxygens (including phenoxy) is 1. The summed E-state index contributed by atoms with van der Waals surface area (Å²) in [7, 11) is 0. The lowest BCUT2D eigenvalue weighted by atomic mass is 10.1. The number of phenols is 1. The van der Waals surface area contributed by atoms with Crippen LogP contribution in [0.4, 0.5) is 0 Å². The van der Waals surface area contributed by atoms with E-state index in [2.05, 4.69) is 4.98 Å². The minimum absolute atomic E-state index is 0.0862. The Labute approximate surface area is 138 Å². The van der Waals surface area contributed by atoms with E-state index in [-0.39, 0.29) is 23.5 Å². The fourth-order valence-corrected chi connectivity index (χ4v) is 2.36. The van der Waals surface area contributed by atoms with E-state index in [9.17, 15) is 14.7 Å². The van der Waals surface area contributed by atoms with Crippen LogP contribution in [-0.4, -0.2) is 20.5 Å². The maximum atomic E-state index is 12.1. The first kappa shape index (κ1) is 15.7. The number of aromatic hydroxyl groups is 1. The third-order valence-electron chi connectivity index (χ3n) is 3.58. The van der Waals surface area contributed by atoms with Crippen molar-refractivity contribution in [1.29, 1.82) is 0 Å². The van der Waals surface area contributed by atoms with E-state index in [1.54, 1.807) is 24.4 Å². The molecule has 0 unspecified atom stereocenters. The van der Waals surface area contributed by atoms with Crippen LogP contribution in [0.5, 0.6) is 5.75 Å². The zero-order valence-electron chi connectivity index (χ0n) is 13.3. The van der Waals surface area contributed by atoms with Crippen molar-refractivity contribution < 1.29 is 14.6 Å². The Morgan fingerprint density at radius 1 is 1.17 bits per heavy atom. The average Bonchev–Trinajstić information content (AvgIpc) is 2.55. The van der Waals surface area contributed by atoms with Gasteiger partial charge in [0.1, 0.15) is 23.6 Å². The second-order valence-electron chi connectivity index (χ2n) is 5.62. The van der Waals surface area contributed by atoms with Crippen molar-refractivity contribution in [3.05, 3.63) is 75.3 Å². The van der Waals surface area contributed by atoms with Gasteiger partial charge < -0.3 is 9.84 Å². The highest BCUT2D eigenvalue weighted by molar-refractivity contribution is 5.92. The molecule has 6 nitrogen and oxygen atoms in total. The summed E-state index contributed by atoms with van der Waals surface area (Å²) in [6.07, 6.45) is 1.70. The molecule has 0 aliphatic rings. The second-order valence-corrected chi connectivity index (χ2v) is 5.62. The molecule has 2 heterocycles. The Bertz CT molecular complexity index is 992. The number of hydrogen-bond acceptors (Lipinski definition) is 5. The van der Waals surface area contributed by atoms with Crippen molar-refractivity contribution in [3.8, 4) is 5.75 Å². The van der Waals surface area contributed by atoms with E-state index in [1.807, 2.05) is 19.9 Å². The molecule has 0 spiro atoms. The first-order chi connectivity index (χ1) is 11.4. The largest absolute Gasteiger partial charge is 0.507 e. The summed E-state index contributed by atoms with van der Waals surface area (Å²) in [4.78, 5) is 28.5. The molecule has 0 bridgehead atoms. The number of hydrogen-bond donors (Lipinski definition) is 1. The topological polar surface area (TPSA) is 80.9 Å². The number of benzene rings is 1. The first-order valence-electron chi connectivity index (χ1n) is 7.40. The van der Waals surface area contributed by atoms with Crippen LogP contribution < -0.4 is 5.56 Å². The number of phenolic OH excluding ortho intramolecular Hbond substituents is 1. The molecule has 1 N–H and O–H groups in total. The van der Waals surface area contributed by atoms with Crippen molar-refractivity contribution in [2.45, 2.75) is 20.5 Å². The normalized spacial score (nSPS) is 10.8. The number of esters is 1. The molecule has 122 valence electrons. The molecule has 0 amide bonds. The standard InChI is InChI=1S/C18H16N2O4/c1-11-3-5-15(21)14(7-11)18(23)24-10-13-8-17(22)20-9-12(2)4-6-16(20)19-13/h3-9,21H,10H2,1-2H3. The Morgan fingerprint density at radius 2 is 1.92 bits per heavy atom. The molecule has 1 aromatic carbocycles. The summed E-state index contributed by atoms with van der Waals surface area (Å²) in [5, 5.41) is 9.74. The van der Waals surface area contributed by atoms with Gasteiger partial charge in [-0.2, -0.15) is 0 Å². The molecule has 3 rings (SSSR count). The summed E-state index contributed by atoms with van der Waals surface area (Å²) in [5.74, 6) is -0.810. The molecule has 0 fully saturated rings. The van der Waals surface area contributed by atoms with Crippen molar-refractivity contribution in [2.75, 3.05) is 0 Å². The maximum absolute atomic E-state index is 12.1. The number of rotatable bonds is 3. The van der Waals surface area contributed by atoms with Crippen molar-refractivity contribution in [1.82, 2.24) is 9.38 Å². The van der Waals surface area contributed by atoms with Gasteiger partial charge in [0.2, 0.25) is 0 Å². The molecule has 0 aliphatic carbocycles. The molecule has 24 heavy (non-hydrogen) atoms.